The lowest BCUT2D eigenvalue weighted by molar-refractivity contribution is -0.272. The van der Waals surface area contributed by atoms with E-state index in [0.717, 1.165) is 0 Å². The normalized spacial score (nSPS) is 43.4. The minimum Gasteiger partial charge on any atom is -0.465 e. The summed E-state index contributed by atoms with van der Waals surface area (Å²) in [5.41, 5.74) is -3.76. The standard InChI is InChI=1S/C27H40O9/c1-16(28)34-14-23(31)22-8-12-27(33)21-7-11-26(32)13-19(36-18(3)30)5-10-25(26,15-35-17(2)29)20(21)6-9-24(22,27)4/h19-22,32-33H,5-15H2,1-4H3. The molecule has 9 heteroatoms. The second-order valence-corrected chi connectivity index (χ2v) is 11.9. The van der Waals surface area contributed by atoms with Gasteiger partial charge >= 0.3 is 17.9 Å². The highest BCUT2D eigenvalue weighted by molar-refractivity contribution is 5.85. The quantitative estimate of drug-likeness (QED) is 0.409. The highest BCUT2D eigenvalue weighted by atomic mass is 16.5. The topological polar surface area (TPSA) is 136 Å². The van der Waals surface area contributed by atoms with Crippen molar-refractivity contribution >= 4 is 23.7 Å². The molecule has 0 heterocycles. The van der Waals surface area contributed by atoms with Crippen LogP contribution in [0, 0.1) is 28.6 Å². The van der Waals surface area contributed by atoms with Crippen molar-refractivity contribution in [1.29, 1.82) is 0 Å². The van der Waals surface area contributed by atoms with Gasteiger partial charge < -0.3 is 24.4 Å². The molecule has 4 aliphatic rings. The van der Waals surface area contributed by atoms with Gasteiger partial charge in [0.2, 0.25) is 0 Å². The maximum Gasteiger partial charge on any atom is 0.303 e. The Balaban J connectivity index is 1.65. The number of rotatable bonds is 6. The van der Waals surface area contributed by atoms with Gasteiger partial charge in [0.25, 0.3) is 0 Å². The average molecular weight is 509 g/mol. The third-order valence-electron chi connectivity index (χ3n) is 10.3. The number of fused-ring (bicyclic) bond motifs is 5. The predicted molar refractivity (Wildman–Crippen MR) is 126 cm³/mol. The smallest absolute Gasteiger partial charge is 0.303 e. The zero-order valence-electron chi connectivity index (χ0n) is 21.8. The number of hydrogen-bond acceptors (Lipinski definition) is 9. The molecule has 4 aliphatic carbocycles. The van der Waals surface area contributed by atoms with E-state index in [1.165, 1.54) is 20.8 Å². The van der Waals surface area contributed by atoms with E-state index < -0.39 is 46.0 Å². The summed E-state index contributed by atoms with van der Waals surface area (Å²) in [5, 5.41) is 24.3. The molecule has 0 radical (unpaired) electrons. The first-order chi connectivity index (χ1) is 16.8. The van der Waals surface area contributed by atoms with Gasteiger partial charge in [0.15, 0.2) is 5.78 Å². The van der Waals surface area contributed by atoms with Crippen molar-refractivity contribution < 1.29 is 43.6 Å². The highest BCUT2D eigenvalue weighted by Crippen LogP contribution is 2.70. The molecule has 0 aromatic heterocycles. The fraction of sp³-hybridized carbons (Fsp3) is 0.852. The van der Waals surface area contributed by atoms with E-state index in [1.807, 2.05) is 6.92 Å². The largest absolute Gasteiger partial charge is 0.465 e. The zero-order valence-corrected chi connectivity index (χ0v) is 21.8. The average Bonchev–Trinajstić information content (AvgIpc) is 3.06. The van der Waals surface area contributed by atoms with Crippen LogP contribution >= 0.6 is 0 Å². The van der Waals surface area contributed by atoms with Crippen molar-refractivity contribution in [2.45, 2.75) is 103 Å². The molecule has 0 aromatic carbocycles. The fourth-order valence-electron chi connectivity index (χ4n) is 8.64. The van der Waals surface area contributed by atoms with E-state index in [1.54, 1.807) is 0 Å². The number of hydrogen-bond donors (Lipinski definition) is 2. The van der Waals surface area contributed by atoms with Gasteiger partial charge in [-0.25, -0.2) is 0 Å². The molecule has 9 nitrogen and oxygen atoms in total. The number of ether oxygens (including phenoxy) is 3. The van der Waals surface area contributed by atoms with Gasteiger partial charge in [-0.3, -0.25) is 19.2 Å². The van der Waals surface area contributed by atoms with Crippen molar-refractivity contribution in [3.05, 3.63) is 0 Å². The molecule has 8 unspecified atom stereocenters. The summed E-state index contributed by atoms with van der Waals surface area (Å²) in [6.45, 7) is 5.72. The molecule has 4 saturated carbocycles. The van der Waals surface area contributed by atoms with Crippen LogP contribution in [0.15, 0.2) is 0 Å². The summed E-state index contributed by atoms with van der Waals surface area (Å²) in [5.74, 6) is -2.18. The molecule has 0 bridgehead atoms. The van der Waals surface area contributed by atoms with Gasteiger partial charge in [0, 0.05) is 43.9 Å². The van der Waals surface area contributed by atoms with Crippen LogP contribution in [0.25, 0.3) is 0 Å². The monoisotopic (exact) mass is 508 g/mol. The zero-order chi connectivity index (χ0) is 26.5. The van der Waals surface area contributed by atoms with Crippen LogP contribution in [0.4, 0.5) is 0 Å². The molecule has 8 atom stereocenters. The lowest BCUT2D eigenvalue weighted by atomic mass is 9.41. The molecule has 0 spiro atoms. The fourth-order valence-corrected chi connectivity index (χ4v) is 8.64. The molecular weight excluding hydrogens is 468 g/mol. The van der Waals surface area contributed by atoms with E-state index >= 15 is 0 Å². The number of Topliss-reactive ketones (excluding diaryl/α,β-unsaturated/α-hetero) is 1. The third kappa shape index (κ3) is 4.16. The van der Waals surface area contributed by atoms with Crippen LogP contribution < -0.4 is 0 Å². The summed E-state index contributed by atoms with van der Waals surface area (Å²) in [6, 6.07) is 0. The summed E-state index contributed by atoms with van der Waals surface area (Å²) in [4.78, 5) is 47.8. The Labute approximate surface area is 212 Å². The van der Waals surface area contributed by atoms with Crippen LogP contribution in [0.3, 0.4) is 0 Å². The Bertz CT molecular complexity index is 932. The van der Waals surface area contributed by atoms with Gasteiger partial charge in [-0.2, -0.15) is 0 Å². The Morgan fingerprint density at radius 2 is 1.47 bits per heavy atom. The second kappa shape index (κ2) is 9.39. The summed E-state index contributed by atoms with van der Waals surface area (Å²) < 4.78 is 16.0. The van der Waals surface area contributed by atoms with Crippen molar-refractivity contribution in [1.82, 2.24) is 0 Å². The maximum atomic E-state index is 13.0. The van der Waals surface area contributed by atoms with Crippen LogP contribution in [0.1, 0.15) is 85.5 Å². The van der Waals surface area contributed by atoms with Gasteiger partial charge in [0.1, 0.15) is 12.7 Å². The molecular formula is C27H40O9. The van der Waals surface area contributed by atoms with Crippen LogP contribution in [0.5, 0.6) is 0 Å². The molecule has 0 saturated heterocycles. The molecule has 2 N–H and O–H groups in total. The second-order valence-electron chi connectivity index (χ2n) is 11.9. The van der Waals surface area contributed by atoms with Gasteiger partial charge in [-0.15, -0.1) is 0 Å². The molecule has 4 fully saturated rings. The lowest BCUT2D eigenvalue weighted by Crippen LogP contribution is -2.69. The summed E-state index contributed by atoms with van der Waals surface area (Å²) >= 11 is 0. The van der Waals surface area contributed by atoms with Crippen molar-refractivity contribution in [2.75, 3.05) is 13.2 Å². The number of carbonyl (C=O) groups is 4. The minimum absolute atomic E-state index is 0.0500. The maximum absolute atomic E-state index is 13.0. The lowest BCUT2D eigenvalue weighted by Gasteiger charge is -2.66. The molecule has 0 aliphatic heterocycles. The third-order valence-corrected chi connectivity index (χ3v) is 10.3. The number of esters is 3. The Morgan fingerprint density at radius 1 is 0.806 bits per heavy atom. The first-order valence-corrected chi connectivity index (χ1v) is 13.2. The van der Waals surface area contributed by atoms with Crippen molar-refractivity contribution in [3.8, 4) is 0 Å². The van der Waals surface area contributed by atoms with E-state index in [-0.39, 0.29) is 43.2 Å². The van der Waals surface area contributed by atoms with E-state index in [9.17, 15) is 29.4 Å². The van der Waals surface area contributed by atoms with Crippen LogP contribution in [-0.2, 0) is 33.4 Å². The summed E-state index contributed by atoms with van der Waals surface area (Å²) in [7, 11) is 0. The highest BCUT2D eigenvalue weighted by Gasteiger charge is 2.72. The van der Waals surface area contributed by atoms with E-state index in [4.69, 9.17) is 14.2 Å². The number of aliphatic hydroxyl groups is 2. The first-order valence-electron chi connectivity index (χ1n) is 13.2. The van der Waals surface area contributed by atoms with E-state index in [2.05, 4.69) is 0 Å². The first kappa shape index (κ1) is 27.0. The van der Waals surface area contributed by atoms with Crippen LogP contribution in [0.2, 0.25) is 0 Å². The van der Waals surface area contributed by atoms with E-state index in [0.29, 0.717) is 51.4 Å². The number of carbonyl (C=O) groups excluding carboxylic acids is 4. The molecule has 0 aromatic rings. The summed E-state index contributed by atoms with van der Waals surface area (Å²) in [6.07, 6.45) is 4.10. The van der Waals surface area contributed by atoms with Crippen LogP contribution in [-0.4, -0.2) is 64.4 Å². The van der Waals surface area contributed by atoms with Gasteiger partial charge in [0.05, 0.1) is 17.8 Å². The molecule has 0 amide bonds. The minimum atomic E-state index is -1.20. The molecule has 4 rings (SSSR count). The molecule has 36 heavy (non-hydrogen) atoms. The SMILES string of the molecule is CC(=O)OCC(=O)C1CCC2(O)C3CCC4(O)CC(OC(C)=O)CCC4(COC(C)=O)C3CCC12C. The Kier molecular flexibility index (Phi) is 7.05. The molecule has 202 valence electrons. The van der Waals surface area contributed by atoms with Crippen molar-refractivity contribution in [3.63, 3.8) is 0 Å². The van der Waals surface area contributed by atoms with Crippen molar-refractivity contribution in [2.24, 2.45) is 28.6 Å². The predicted octanol–water partition coefficient (Wildman–Crippen LogP) is 2.48. The van der Waals surface area contributed by atoms with Gasteiger partial charge in [-0.1, -0.05) is 6.92 Å². The Hall–Kier alpha value is -2.00. The number of ketones is 1. The van der Waals surface area contributed by atoms with Gasteiger partial charge in [-0.05, 0) is 63.2 Å². The Morgan fingerprint density at radius 3 is 2.11 bits per heavy atom.